The van der Waals surface area contributed by atoms with Gasteiger partial charge in [0.15, 0.2) is 6.10 Å². The maximum Gasteiger partial charge on any atom is 0.432 e. The summed E-state index contributed by atoms with van der Waals surface area (Å²) in [5.74, 6) is -0.235. The second-order valence-corrected chi connectivity index (χ2v) is 6.95. The molecule has 0 saturated carbocycles. The van der Waals surface area contributed by atoms with Crippen molar-refractivity contribution in [2.24, 2.45) is 0 Å². The van der Waals surface area contributed by atoms with Gasteiger partial charge in [-0.25, -0.2) is 0 Å². The molecule has 0 aromatic heterocycles. The van der Waals surface area contributed by atoms with Gasteiger partial charge in [0.1, 0.15) is 5.75 Å². The van der Waals surface area contributed by atoms with Gasteiger partial charge in [0, 0.05) is 22.0 Å². The zero-order valence-electron chi connectivity index (χ0n) is 13.1. The highest BCUT2D eigenvalue weighted by Crippen LogP contribution is 2.52. The topological polar surface area (TPSA) is 29.5 Å². The molecule has 2 aromatic carbocycles. The summed E-state index contributed by atoms with van der Waals surface area (Å²) in [6.45, 7) is 0. The maximum atomic E-state index is 13.9. The summed E-state index contributed by atoms with van der Waals surface area (Å²) in [5, 5.41) is 9.25. The lowest BCUT2D eigenvalue weighted by Gasteiger charge is -2.31. The van der Waals surface area contributed by atoms with Crippen molar-refractivity contribution in [2.45, 2.75) is 30.5 Å². The molecule has 0 aliphatic carbocycles. The van der Waals surface area contributed by atoms with Crippen molar-refractivity contribution in [3.63, 3.8) is 0 Å². The van der Waals surface area contributed by atoms with Crippen molar-refractivity contribution in [3.05, 3.63) is 63.1 Å². The second kappa shape index (κ2) is 6.46. The first-order valence-electron chi connectivity index (χ1n) is 7.43. The van der Waals surface area contributed by atoms with Gasteiger partial charge in [-0.2, -0.15) is 26.3 Å². The van der Waals surface area contributed by atoms with Gasteiger partial charge in [-0.05, 0) is 41.5 Å². The molecule has 10 heteroatoms. The first kappa shape index (κ1) is 20.1. The highest BCUT2D eigenvalue weighted by molar-refractivity contribution is 6.34. The Morgan fingerprint density at radius 3 is 2.07 bits per heavy atom. The third kappa shape index (κ3) is 3.58. The van der Waals surface area contributed by atoms with Crippen molar-refractivity contribution in [1.82, 2.24) is 0 Å². The molecule has 2 aromatic rings. The quantitative estimate of drug-likeness (QED) is 0.593. The Labute approximate surface area is 159 Å². The zero-order chi connectivity index (χ0) is 20.2. The van der Waals surface area contributed by atoms with Crippen LogP contribution in [0.3, 0.4) is 0 Å². The molecule has 2 nitrogen and oxygen atoms in total. The van der Waals surface area contributed by atoms with Gasteiger partial charge in [-0.1, -0.05) is 29.3 Å². The van der Waals surface area contributed by atoms with Crippen LogP contribution in [0.15, 0.2) is 36.4 Å². The van der Waals surface area contributed by atoms with E-state index in [2.05, 4.69) is 0 Å². The molecular weight excluding hydrogens is 421 g/mol. The normalized spacial score (nSPS) is 20.9. The molecule has 0 spiro atoms. The summed E-state index contributed by atoms with van der Waals surface area (Å²) < 4.78 is 85.1. The van der Waals surface area contributed by atoms with Crippen molar-refractivity contribution in [3.8, 4) is 5.75 Å². The SMILES string of the molecule is OC(c1ccc2c(c1)CC(c1cc(Cl)cc(Cl)c1)(C(F)(F)F)O2)C(F)(F)F. The number of fused-ring (bicyclic) bond motifs is 1. The lowest BCUT2D eigenvalue weighted by molar-refractivity contribution is -0.248. The Hall–Kier alpha value is -1.64. The fourth-order valence-electron chi connectivity index (χ4n) is 2.96. The summed E-state index contributed by atoms with van der Waals surface area (Å²) in [6, 6.07) is 6.02. The molecule has 3 rings (SSSR count). The maximum absolute atomic E-state index is 13.9. The van der Waals surface area contributed by atoms with Crippen molar-refractivity contribution in [2.75, 3.05) is 0 Å². The van der Waals surface area contributed by atoms with E-state index in [-0.39, 0.29) is 26.9 Å². The number of hydrogen-bond donors (Lipinski definition) is 1. The van der Waals surface area contributed by atoms with Crippen LogP contribution >= 0.6 is 23.2 Å². The van der Waals surface area contributed by atoms with Gasteiger partial charge in [-0.3, -0.25) is 0 Å². The molecule has 27 heavy (non-hydrogen) atoms. The number of ether oxygens (including phenoxy) is 1. The van der Waals surface area contributed by atoms with Crippen LogP contribution in [0.4, 0.5) is 26.3 Å². The van der Waals surface area contributed by atoms with E-state index >= 15 is 0 Å². The first-order valence-corrected chi connectivity index (χ1v) is 8.19. The number of rotatable bonds is 2. The summed E-state index contributed by atoms with van der Waals surface area (Å²) in [5.41, 5.74) is -3.93. The minimum atomic E-state index is -4.95. The third-order valence-corrected chi connectivity index (χ3v) is 4.66. The van der Waals surface area contributed by atoms with E-state index in [0.717, 1.165) is 30.3 Å². The minimum Gasteiger partial charge on any atom is -0.472 e. The summed E-state index contributed by atoms with van der Waals surface area (Å²) in [7, 11) is 0. The van der Waals surface area contributed by atoms with Crippen LogP contribution in [-0.4, -0.2) is 17.5 Å². The largest absolute Gasteiger partial charge is 0.472 e. The number of halogens is 8. The van der Waals surface area contributed by atoms with Gasteiger partial charge >= 0.3 is 12.4 Å². The zero-order valence-corrected chi connectivity index (χ0v) is 14.6. The molecule has 1 aliphatic heterocycles. The molecule has 1 N–H and O–H groups in total. The van der Waals surface area contributed by atoms with Gasteiger partial charge < -0.3 is 9.84 Å². The van der Waals surface area contributed by atoms with Crippen molar-refractivity contribution >= 4 is 23.2 Å². The van der Waals surface area contributed by atoms with Gasteiger partial charge in [-0.15, -0.1) is 0 Å². The molecule has 2 atom stereocenters. The molecule has 146 valence electrons. The van der Waals surface area contributed by atoms with E-state index < -0.39 is 36.0 Å². The average Bonchev–Trinajstić information content (AvgIpc) is 2.92. The lowest BCUT2D eigenvalue weighted by atomic mass is 9.88. The van der Waals surface area contributed by atoms with E-state index in [9.17, 15) is 31.4 Å². The van der Waals surface area contributed by atoms with E-state index in [0.29, 0.717) is 0 Å². The van der Waals surface area contributed by atoms with Crippen LogP contribution in [0.2, 0.25) is 10.0 Å². The molecule has 0 amide bonds. The lowest BCUT2D eigenvalue weighted by Crippen LogP contribution is -2.46. The number of aliphatic hydroxyl groups excluding tert-OH is 1. The number of aliphatic hydroxyl groups is 1. The fraction of sp³-hybridized carbons (Fsp3) is 0.294. The van der Waals surface area contributed by atoms with Gasteiger partial charge in [0.25, 0.3) is 0 Å². The smallest absolute Gasteiger partial charge is 0.432 e. The molecule has 1 heterocycles. The molecule has 1 aliphatic rings. The Bertz CT molecular complexity index is 860. The fourth-order valence-corrected chi connectivity index (χ4v) is 3.48. The first-order chi connectivity index (χ1) is 12.3. The molecule has 0 saturated heterocycles. The number of alkyl halides is 6. The highest BCUT2D eigenvalue weighted by atomic mass is 35.5. The predicted molar refractivity (Wildman–Crippen MR) is 86.0 cm³/mol. The summed E-state index contributed by atoms with van der Waals surface area (Å²) >= 11 is 11.6. The van der Waals surface area contributed by atoms with Crippen molar-refractivity contribution < 1.29 is 36.2 Å². The van der Waals surface area contributed by atoms with E-state index in [1.54, 1.807) is 0 Å². The standard InChI is InChI=1S/C17H10Cl2F6O2/c18-11-4-10(5-12(19)6-11)15(17(23,24)25)7-9-3-8(1-2-13(9)27-15)14(26)16(20,21)22/h1-6,14,26H,7H2. The van der Waals surface area contributed by atoms with E-state index in [1.807, 2.05) is 0 Å². The highest BCUT2D eigenvalue weighted by Gasteiger charge is 2.61. The van der Waals surface area contributed by atoms with Crippen LogP contribution < -0.4 is 4.74 Å². The van der Waals surface area contributed by atoms with Crippen LogP contribution in [0.1, 0.15) is 22.8 Å². The molecular formula is C17H10Cl2F6O2. The van der Waals surface area contributed by atoms with E-state index in [1.165, 1.54) is 6.07 Å². The number of benzene rings is 2. The van der Waals surface area contributed by atoms with Crippen LogP contribution in [-0.2, 0) is 12.0 Å². The van der Waals surface area contributed by atoms with Crippen LogP contribution in [0.25, 0.3) is 0 Å². The molecule has 0 radical (unpaired) electrons. The average molecular weight is 431 g/mol. The summed E-state index contributed by atoms with van der Waals surface area (Å²) in [6.07, 6.45) is -13.5. The Balaban J connectivity index is 2.08. The van der Waals surface area contributed by atoms with Gasteiger partial charge in [0.2, 0.25) is 5.60 Å². The molecule has 2 unspecified atom stereocenters. The Morgan fingerprint density at radius 1 is 0.963 bits per heavy atom. The molecule has 0 fully saturated rings. The number of hydrogen-bond acceptors (Lipinski definition) is 2. The third-order valence-electron chi connectivity index (χ3n) is 4.22. The van der Waals surface area contributed by atoms with Crippen LogP contribution in [0, 0.1) is 0 Å². The Kier molecular flexibility index (Phi) is 4.81. The minimum absolute atomic E-state index is 0.0473. The van der Waals surface area contributed by atoms with Gasteiger partial charge in [0.05, 0.1) is 0 Å². The van der Waals surface area contributed by atoms with Crippen molar-refractivity contribution in [1.29, 1.82) is 0 Å². The molecule has 0 bridgehead atoms. The second-order valence-electron chi connectivity index (χ2n) is 6.07. The monoisotopic (exact) mass is 430 g/mol. The van der Waals surface area contributed by atoms with E-state index in [4.69, 9.17) is 27.9 Å². The Morgan fingerprint density at radius 2 is 1.56 bits per heavy atom. The summed E-state index contributed by atoms with van der Waals surface area (Å²) in [4.78, 5) is 0. The predicted octanol–water partition coefficient (Wildman–Crippen LogP) is 5.98. The van der Waals surface area contributed by atoms with Crippen LogP contribution in [0.5, 0.6) is 5.75 Å².